The van der Waals surface area contributed by atoms with Crippen LogP contribution >= 0.6 is 12.2 Å². The molecule has 2 aromatic carbocycles. The fourth-order valence-corrected chi connectivity index (χ4v) is 3.71. The number of hydrogen-bond donors (Lipinski definition) is 4. The smallest absolute Gasteiger partial charge is 0.295 e. The zero-order valence-corrected chi connectivity index (χ0v) is 16.4. The maximum atomic E-state index is 11.7. The Bertz CT molecular complexity index is 1110. The Balaban J connectivity index is 2.51. The first kappa shape index (κ1) is 21.0. The lowest BCUT2D eigenvalue weighted by molar-refractivity contribution is 0.480. The van der Waals surface area contributed by atoms with Gasteiger partial charge in [0.25, 0.3) is 20.2 Å². The number of thiocarbonyl (C=S) groups is 1. The summed E-state index contributed by atoms with van der Waals surface area (Å²) in [5.41, 5.74) is 0.598. The van der Waals surface area contributed by atoms with Crippen LogP contribution in [0.3, 0.4) is 0 Å². The Morgan fingerprint density at radius 1 is 0.926 bits per heavy atom. The molecule has 0 unspecified atom stereocenters. The average molecular weight is 429 g/mol. The molecule has 0 aliphatic carbocycles. The van der Waals surface area contributed by atoms with Gasteiger partial charge in [0.05, 0.1) is 0 Å². The molecular weight excluding hydrogens is 412 g/mol. The van der Waals surface area contributed by atoms with Crippen molar-refractivity contribution in [3.8, 4) is 0 Å². The van der Waals surface area contributed by atoms with Gasteiger partial charge < -0.3 is 10.6 Å². The van der Waals surface area contributed by atoms with Crippen molar-refractivity contribution in [1.82, 2.24) is 5.32 Å². The van der Waals surface area contributed by atoms with Gasteiger partial charge in [0, 0.05) is 12.7 Å². The minimum atomic E-state index is -4.56. The normalized spacial score (nSPS) is 12.1. The van der Waals surface area contributed by atoms with Crippen LogP contribution in [0.25, 0.3) is 12.2 Å². The van der Waals surface area contributed by atoms with Gasteiger partial charge in [0.2, 0.25) is 0 Å². The first-order valence-electron chi connectivity index (χ1n) is 7.37. The van der Waals surface area contributed by atoms with Crippen LogP contribution in [0.2, 0.25) is 0 Å². The van der Waals surface area contributed by atoms with Crippen LogP contribution in [0.4, 0.5) is 5.69 Å². The summed E-state index contributed by atoms with van der Waals surface area (Å²) in [5, 5.41) is 5.66. The number of benzene rings is 2. The van der Waals surface area contributed by atoms with E-state index in [1.165, 1.54) is 48.6 Å². The van der Waals surface area contributed by atoms with E-state index < -0.39 is 25.1 Å². The van der Waals surface area contributed by atoms with Gasteiger partial charge in [0.1, 0.15) is 9.79 Å². The molecule has 2 aromatic rings. The number of nitrogens with one attached hydrogen (secondary N) is 2. The summed E-state index contributed by atoms with van der Waals surface area (Å²) in [6.45, 7) is 0. The highest BCUT2D eigenvalue weighted by atomic mass is 32.2. The molecule has 0 fully saturated rings. The fraction of sp³-hybridized carbons (Fsp3) is 0.0625. The molecular formula is C16H16N2O6S3. The van der Waals surface area contributed by atoms with Crippen LogP contribution in [0.15, 0.2) is 52.3 Å². The zero-order valence-electron chi connectivity index (χ0n) is 13.9. The Hall–Kier alpha value is -2.31. The minimum absolute atomic E-state index is 0.114. The Labute approximate surface area is 162 Å². The summed E-state index contributed by atoms with van der Waals surface area (Å²) in [4.78, 5) is -0.723. The summed E-state index contributed by atoms with van der Waals surface area (Å²) < 4.78 is 65.0. The van der Waals surface area contributed by atoms with E-state index >= 15 is 0 Å². The van der Waals surface area contributed by atoms with Crippen molar-refractivity contribution in [1.29, 1.82) is 0 Å². The molecule has 0 spiro atoms. The molecule has 0 heterocycles. The molecule has 2 rings (SSSR count). The molecule has 144 valence electrons. The number of hydrogen-bond acceptors (Lipinski definition) is 5. The standard InChI is InChI=1S/C16H16N2O6S3/c1-17-16(25)18-13-9-8-12(15(10-13)27(22,23)24)7-6-11-4-2-3-5-14(11)26(19,20)21/h2-10H,1H3,(H2,17,18,25)(H,19,20,21)(H,22,23,24). The molecule has 0 saturated carbocycles. The maximum absolute atomic E-state index is 11.7. The second-order valence-corrected chi connectivity index (χ2v) is 8.47. The fourth-order valence-electron chi connectivity index (χ4n) is 2.20. The summed E-state index contributed by atoms with van der Waals surface area (Å²) >= 11 is 4.94. The maximum Gasteiger partial charge on any atom is 0.295 e. The minimum Gasteiger partial charge on any atom is -0.366 e. The van der Waals surface area contributed by atoms with Crippen LogP contribution in [-0.2, 0) is 20.2 Å². The van der Waals surface area contributed by atoms with E-state index in [2.05, 4.69) is 10.6 Å². The lowest BCUT2D eigenvalue weighted by Gasteiger charge is -2.10. The molecule has 0 amide bonds. The van der Waals surface area contributed by atoms with Crippen LogP contribution in [-0.4, -0.2) is 38.1 Å². The largest absolute Gasteiger partial charge is 0.366 e. The highest BCUT2D eigenvalue weighted by Crippen LogP contribution is 2.24. The van der Waals surface area contributed by atoms with Gasteiger partial charge in [-0.3, -0.25) is 9.11 Å². The number of rotatable bonds is 5. The molecule has 0 radical (unpaired) electrons. The van der Waals surface area contributed by atoms with Crippen molar-refractivity contribution >= 4 is 55.4 Å². The molecule has 0 atom stereocenters. The predicted octanol–water partition coefficient (Wildman–Crippen LogP) is 2.27. The SMILES string of the molecule is CNC(=S)Nc1ccc(C=Cc2ccccc2S(=O)(=O)O)c(S(=O)(=O)O)c1. The van der Waals surface area contributed by atoms with Crippen molar-refractivity contribution in [3.05, 3.63) is 53.6 Å². The van der Waals surface area contributed by atoms with Crippen molar-refractivity contribution in [2.24, 2.45) is 0 Å². The highest BCUT2D eigenvalue weighted by Gasteiger charge is 2.16. The van der Waals surface area contributed by atoms with Gasteiger partial charge in [-0.25, -0.2) is 0 Å². The van der Waals surface area contributed by atoms with Crippen LogP contribution < -0.4 is 10.6 Å². The second-order valence-electron chi connectivity index (χ2n) is 5.28. The summed E-state index contributed by atoms with van der Waals surface area (Å²) in [6.07, 6.45) is 2.63. The molecule has 0 aromatic heterocycles. The zero-order chi connectivity index (χ0) is 20.2. The summed E-state index contributed by atoms with van der Waals surface area (Å²) in [7, 11) is -7.43. The molecule has 11 heteroatoms. The average Bonchev–Trinajstić information content (AvgIpc) is 2.59. The third-order valence-corrected chi connectivity index (χ3v) is 5.56. The van der Waals surface area contributed by atoms with E-state index in [9.17, 15) is 25.9 Å². The molecule has 4 N–H and O–H groups in total. The van der Waals surface area contributed by atoms with Crippen molar-refractivity contribution in [2.75, 3.05) is 12.4 Å². The summed E-state index contributed by atoms with van der Waals surface area (Å²) in [6, 6.07) is 9.79. The van der Waals surface area contributed by atoms with Crippen LogP contribution in [0.1, 0.15) is 11.1 Å². The molecule has 0 aliphatic heterocycles. The van der Waals surface area contributed by atoms with E-state index in [-0.39, 0.29) is 21.1 Å². The molecule has 8 nitrogen and oxygen atoms in total. The Morgan fingerprint density at radius 2 is 1.48 bits per heavy atom. The van der Waals surface area contributed by atoms with Gasteiger partial charge >= 0.3 is 0 Å². The molecule has 27 heavy (non-hydrogen) atoms. The van der Waals surface area contributed by atoms with Crippen molar-refractivity contribution < 1.29 is 25.9 Å². The first-order valence-corrected chi connectivity index (χ1v) is 10.7. The van der Waals surface area contributed by atoms with Gasteiger partial charge in [0.15, 0.2) is 5.11 Å². The van der Waals surface area contributed by atoms with E-state index in [0.29, 0.717) is 5.69 Å². The quantitative estimate of drug-likeness (QED) is 0.321. The molecule has 0 bridgehead atoms. The summed E-state index contributed by atoms with van der Waals surface area (Å²) in [5.74, 6) is 0. The van der Waals surface area contributed by atoms with Crippen molar-refractivity contribution in [3.63, 3.8) is 0 Å². The lowest BCUT2D eigenvalue weighted by atomic mass is 10.1. The van der Waals surface area contributed by atoms with Gasteiger partial charge in [-0.2, -0.15) is 16.8 Å². The molecule has 0 aliphatic rings. The monoisotopic (exact) mass is 428 g/mol. The van der Waals surface area contributed by atoms with E-state index in [1.54, 1.807) is 13.1 Å². The van der Waals surface area contributed by atoms with E-state index in [0.717, 1.165) is 0 Å². The lowest BCUT2D eigenvalue weighted by Crippen LogP contribution is -2.24. The second kappa shape index (κ2) is 8.15. The van der Waals surface area contributed by atoms with Gasteiger partial charge in [-0.1, -0.05) is 36.4 Å². The number of anilines is 1. The topological polar surface area (TPSA) is 133 Å². The van der Waals surface area contributed by atoms with E-state index in [1.807, 2.05) is 0 Å². The Morgan fingerprint density at radius 3 is 2.04 bits per heavy atom. The van der Waals surface area contributed by atoms with Gasteiger partial charge in [-0.05, 0) is 41.5 Å². The third kappa shape index (κ3) is 5.58. The van der Waals surface area contributed by atoms with Gasteiger partial charge in [-0.15, -0.1) is 0 Å². The molecule has 0 saturated heterocycles. The van der Waals surface area contributed by atoms with Crippen molar-refractivity contribution in [2.45, 2.75) is 9.79 Å². The third-order valence-electron chi connectivity index (χ3n) is 3.42. The predicted molar refractivity (Wildman–Crippen MR) is 107 cm³/mol. The van der Waals surface area contributed by atoms with E-state index in [4.69, 9.17) is 12.2 Å². The van der Waals surface area contributed by atoms with Crippen LogP contribution in [0.5, 0.6) is 0 Å². The highest BCUT2D eigenvalue weighted by molar-refractivity contribution is 7.86. The first-order chi connectivity index (χ1) is 12.5. The Kier molecular flexibility index (Phi) is 6.34. The van der Waals surface area contributed by atoms with Crippen LogP contribution in [0, 0.1) is 0 Å².